The molecule has 3 N–H and O–H groups in total. The topological polar surface area (TPSA) is 167 Å². The van der Waals surface area contributed by atoms with E-state index in [4.69, 9.17) is 5.73 Å². The number of thiazole rings is 1. The molecule has 1 aromatic heterocycles. The Balaban J connectivity index is 0.00000288. The van der Waals surface area contributed by atoms with Crippen LogP contribution in [0.4, 0.5) is 5.13 Å². The Bertz CT molecular complexity index is 778. The number of amides is 2. The van der Waals surface area contributed by atoms with Crippen molar-refractivity contribution in [1.29, 1.82) is 0 Å². The number of aromatic nitrogens is 1. The molecule has 0 unspecified atom stereocenters. The van der Waals surface area contributed by atoms with Crippen LogP contribution in [0.5, 0.6) is 0 Å². The van der Waals surface area contributed by atoms with Crippen LogP contribution in [0.3, 0.4) is 0 Å². The van der Waals surface area contributed by atoms with Gasteiger partial charge < -0.3 is 20.4 Å². The first-order valence-corrected chi connectivity index (χ1v) is 8.33. The number of hydrogen-bond acceptors (Lipinski definition) is 10. The average Bonchev–Trinajstić information content (AvgIpc) is 2.86. The minimum atomic E-state index is -4.91. The zero-order valence-electron chi connectivity index (χ0n) is 12.9. The zero-order chi connectivity index (χ0) is 17.4. The number of rotatable bonds is 5. The smallest absolute Gasteiger partial charge is 0.731 e. The first-order chi connectivity index (χ1) is 10.7. The molecule has 1 saturated heterocycles. The van der Waals surface area contributed by atoms with E-state index in [2.05, 4.69) is 20.3 Å². The van der Waals surface area contributed by atoms with E-state index in [9.17, 15) is 22.6 Å². The van der Waals surface area contributed by atoms with E-state index in [-0.39, 0.29) is 72.2 Å². The molecule has 1 aliphatic heterocycles. The zero-order valence-corrected chi connectivity index (χ0v) is 17.7. The Kier molecular flexibility index (Phi) is 7.30. The van der Waals surface area contributed by atoms with Crippen LogP contribution in [0.1, 0.15) is 12.6 Å². The van der Waals surface area contributed by atoms with Crippen LogP contribution in [-0.2, 0) is 24.7 Å². The molecule has 2 amide bonds. The second-order valence-electron chi connectivity index (χ2n) is 4.48. The largest absolute Gasteiger partial charge is 1.00 e. The average molecular weight is 401 g/mol. The van der Waals surface area contributed by atoms with Crippen LogP contribution in [0.15, 0.2) is 10.5 Å². The Morgan fingerprint density at radius 2 is 2.21 bits per heavy atom. The van der Waals surface area contributed by atoms with Gasteiger partial charge in [0.1, 0.15) is 18.8 Å². The van der Waals surface area contributed by atoms with Gasteiger partial charge in [-0.25, -0.2) is 17.7 Å². The summed E-state index contributed by atoms with van der Waals surface area (Å²) in [5, 5.41) is 7.48. The first kappa shape index (κ1) is 21.4. The summed E-state index contributed by atoms with van der Waals surface area (Å²) in [5.41, 5.74) is 5.39. The summed E-state index contributed by atoms with van der Waals surface area (Å²) in [6.07, 6.45) is 0. The van der Waals surface area contributed by atoms with Gasteiger partial charge in [0.2, 0.25) is 0 Å². The third kappa shape index (κ3) is 4.31. The number of nitrogens with two attached hydrogens (primary N) is 1. The van der Waals surface area contributed by atoms with Crippen molar-refractivity contribution in [1.82, 2.24) is 14.6 Å². The van der Waals surface area contributed by atoms with E-state index >= 15 is 0 Å². The number of carbonyl (C=O) groups is 2. The number of hydrogen-bond donors (Lipinski definition) is 2. The SMILES string of the molecule is CO/N=C(/C(=O)N[C@@H]1C(=O)N(S(=O)(=O)[O-])[C@H]1C)c1csc(N)n1.[K+]. The summed E-state index contributed by atoms with van der Waals surface area (Å²) in [6, 6.07) is -2.16. The van der Waals surface area contributed by atoms with Gasteiger partial charge in [0.25, 0.3) is 11.8 Å². The predicted molar refractivity (Wildman–Crippen MR) is 78.0 cm³/mol. The maximum atomic E-state index is 12.2. The van der Waals surface area contributed by atoms with Crippen molar-refractivity contribution in [3.63, 3.8) is 0 Å². The van der Waals surface area contributed by atoms with Gasteiger partial charge in [-0.05, 0) is 6.92 Å². The van der Waals surface area contributed by atoms with Crippen molar-refractivity contribution >= 4 is 44.3 Å². The van der Waals surface area contributed by atoms with Gasteiger partial charge >= 0.3 is 51.4 Å². The molecule has 1 fully saturated rings. The van der Waals surface area contributed by atoms with Gasteiger partial charge in [-0.1, -0.05) is 5.16 Å². The summed E-state index contributed by atoms with van der Waals surface area (Å²) in [4.78, 5) is 32.3. The molecule has 0 radical (unpaired) electrons. The number of β-lactam (4-membered cyclic amide) rings is 1. The van der Waals surface area contributed by atoms with Crippen molar-refractivity contribution in [2.45, 2.75) is 19.0 Å². The van der Waals surface area contributed by atoms with Crippen LogP contribution in [0, 0.1) is 0 Å². The van der Waals surface area contributed by atoms with E-state index in [0.29, 0.717) is 0 Å². The van der Waals surface area contributed by atoms with Crippen LogP contribution in [0.2, 0.25) is 0 Å². The van der Waals surface area contributed by atoms with E-state index in [1.54, 1.807) is 0 Å². The number of anilines is 1. The fourth-order valence-electron chi connectivity index (χ4n) is 2.00. The first-order valence-electron chi connectivity index (χ1n) is 6.09. The number of nitrogens with one attached hydrogen (secondary N) is 1. The molecule has 0 aromatic carbocycles. The number of oxime groups is 1. The predicted octanol–water partition coefficient (Wildman–Crippen LogP) is -4.74. The van der Waals surface area contributed by atoms with E-state index < -0.39 is 34.2 Å². The van der Waals surface area contributed by atoms with Crippen molar-refractivity contribution in [2.24, 2.45) is 5.16 Å². The van der Waals surface area contributed by atoms with Gasteiger partial charge in [-0.3, -0.25) is 9.59 Å². The number of carbonyl (C=O) groups excluding carboxylic acids is 2. The van der Waals surface area contributed by atoms with Crippen LogP contribution in [0.25, 0.3) is 0 Å². The fraction of sp³-hybridized carbons (Fsp3) is 0.400. The number of nitrogen functional groups attached to an aromatic ring is 1. The molecule has 0 bridgehead atoms. The van der Waals surface area contributed by atoms with Gasteiger partial charge in [0.05, 0.1) is 6.04 Å². The Labute approximate surface area is 183 Å². The molecule has 0 aliphatic carbocycles. The normalized spacial score (nSPS) is 20.9. The Morgan fingerprint density at radius 1 is 1.58 bits per heavy atom. The number of nitrogens with zero attached hydrogens (tertiary/aromatic N) is 3. The minimum Gasteiger partial charge on any atom is -0.731 e. The molecule has 2 heterocycles. The Morgan fingerprint density at radius 3 is 2.62 bits per heavy atom. The molecule has 24 heavy (non-hydrogen) atoms. The van der Waals surface area contributed by atoms with Crippen molar-refractivity contribution in [3.05, 3.63) is 11.1 Å². The molecule has 1 aromatic rings. The molecule has 11 nitrogen and oxygen atoms in total. The molecular formula is C10H12KN5O6S2. The molecule has 0 saturated carbocycles. The van der Waals surface area contributed by atoms with E-state index in [1.807, 2.05) is 0 Å². The molecule has 2 rings (SSSR count). The summed E-state index contributed by atoms with van der Waals surface area (Å²) < 4.78 is 32.8. The van der Waals surface area contributed by atoms with E-state index in [1.165, 1.54) is 19.4 Å². The summed E-state index contributed by atoms with van der Waals surface area (Å²) in [6.45, 7) is 1.32. The van der Waals surface area contributed by atoms with Gasteiger partial charge in [0.15, 0.2) is 21.1 Å². The van der Waals surface area contributed by atoms with Crippen LogP contribution in [-0.4, -0.2) is 59.0 Å². The van der Waals surface area contributed by atoms with Gasteiger partial charge in [0, 0.05) is 5.38 Å². The van der Waals surface area contributed by atoms with Gasteiger partial charge in [-0.15, -0.1) is 11.3 Å². The van der Waals surface area contributed by atoms with Crippen molar-refractivity contribution in [3.8, 4) is 0 Å². The van der Waals surface area contributed by atoms with E-state index in [0.717, 1.165) is 11.3 Å². The quantitative estimate of drug-likeness (QED) is 0.163. The Hall–Kier alpha value is -0.614. The molecule has 126 valence electrons. The third-order valence-electron chi connectivity index (χ3n) is 3.03. The molecule has 1 aliphatic rings. The standard InChI is InChI=1S/C10H13N5O6S2.K/c1-4-6(9(17)15(4)23(18,19)20)13-8(16)7(14-21-2)5-3-22-10(11)12-5;/h3-4,6H,1-2H3,(H2,11,12)(H,13,16)(H,18,19,20);/q;+1/p-1/b14-7+;/t4-,6-;/m0./s1. The third-order valence-corrected chi connectivity index (χ3v) is 4.69. The maximum Gasteiger partial charge on any atom is 1.00 e. The van der Waals surface area contributed by atoms with Crippen molar-refractivity contribution < 1.29 is 78.8 Å². The molecule has 0 spiro atoms. The maximum absolute atomic E-state index is 12.2. The second-order valence-corrected chi connectivity index (χ2v) is 6.62. The van der Waals surface area contributed by atoms with Crippen LogP contribution < -0.4 is 62.4 Å². The molecule has 2 atom stereocenters. The van der Waals surface area contributed by atoms with Crippen molar-refractivity contribution in [2.75, 3.05) is 12.8 Å². The monoisotopic (exact) mass is 401 g/mol. The summed E-state index contributed by atoms with van der Waals surface area (Å²) in [5.74, 6) is -1.83. The fourth-order valence-corrected chi connectivity index (χ4v) is 3.41. The van der Waals surface area contributed by atoms with Crippen LogP contribution >= 0.6 is 11.3 Å². The molecular weight excluding hydrogens is 389 g/mol. The molecule has 14 heteroatoms. The summed E-state index contributed by atoms with van der Waals surface area (Å²) >= 11 is 1.07. The summed E-state index contributed by atoms with van der Waals surface area (Å²) in [7, 11) is -3.70. The second kappa shape index (κ2) is 8.18. The van der Waals surface area contributed by atoms with Gasteiger partial charge in [-0.2, -0.15) is 0 Å². The minimum absolute atomic E-state index is 0.